The van der Waals surface area contributed by atoms with E-state index < -0.39 is 0 Å². The molecule has 0 fully saturated rings. The van der Waals surface area contributed by atoms with Crippen LogP contribution in [0.5, 0.6) is 0 Å². The van der Waals surface area contributed by atoms with Gasteiger partial charge in [-0.3, -0.25) is 4.79 Å². The van der Waals surface area contributed by atoms with Crippen LogP contribution < -0.4 is 5.32 Å². The van der Waals surface area contributed by atoms with Crippen molar-refractivity contribution in [3.05, 3.63) is 62.2 Å². The maximum Gasteiger partial charge on any atom is 0.255 e. The molecule has 1 N–H and O–H groups in total. The molecule has 2 aromatic carbocycles. The fraction of sp³-hybridized carbons (Fsp3) is 0.188. The van der Waals surface area contributed by atoms with Crippen molar-refractivity contribution in [1.29, 1.82) is 0 Å². The maximum absolute atomic E-state index is 12.2. The van der Waals surface area contributed by atoms with Gasteiger partial charge in [0.05, 0.1) is 0 Å². The van der Waals surface area contributed by atoms with Gasteiger partial charge >= 0.3 is 0 Å². The van der Waals surface area contributed by atoms with E-state index in [4.69, 9.17) is 0 Å². The monoisotopic (exact) mass is 365 g/mol. The first kappa shape index (κ1) is 14.1. The molecule has 0 unspecified atom stereocenters. The van der Waals surface area contributed by atoms with E-state index >= 15 is 0 Å². The zero-order valence-electron chi connectivity index (χ0n) is 11.3. The molecule has 0 aliphatic heterocycles. The molecule has 2 aromatic rings. The summed E-state index contributed by atoms with van der Waals surface area (Å²) in [5, 5.41) is 2.97. The molecule has 2 rings (SSSR count). The van der Waals surface area contributed by atoms with Gasteiger partial charge in [-0.1, -0.05) is 17.7 Å². The van der Waals surface area contributed by atoms with Gasteiger partial charge < -0.3 is 5.32 Å². The summed E-state index contributed by atoms with van der Waals surface area (Å²) in [5.41, 5.74) is 4.96. The third-order valence-electron chi connectivity index (χ3n) is 3.07. The molecule has 0 saturated carbocycles. The normalized spacial score (nSPS) is 10.3. The molecule has 19 heavy (non-hydrogen) atoms. The molecular formula is C16H16INO. The van der Waals surface area contributed by atoms with E-state index in [1.54, 1.807) is 0 Å². The molecule has 0 aliphatic carbocycles. The lowest BCUT2D eigenvalue weighted by atomic mass is 10.1. The standard InChI is InChI=1S/C16H16INO/c1-10-4-6-13(7-5-10)16(19)18-15-9-11(2)14(17)8-12(15)3/h4-9H,1-3H3,(H,18,19). The Hall–Kier alpha value is -1.36. The maximum atomic E-state index is 12.2. The summed E-state index contributed by atoms with van der Waals surface area (Å²) in [6, 6.07) is 11.7. The van der Waals surface area contributed by atoms with Crippen LogP contribution in [0.15, 0.2) is 36.4 Å². The van der Waals surface area contributed by atoms with Crippen LogP contribution in [0.2, 0.25) is 0 Å². The molecule has 3 heteroatoms. The summed E-state index contributed by atoms with van der Waals surface area (Å²) in [6.45, 7) is 6.06. The first-order valence-electron chi connectivity index (χ1n) is 6.12. The Morgan fingerprint density at radius 2 is 1.63 bits per heavy atom. The lowest BCUT2D eigenvalue weighted by Gasteiger charge is -2.11. The van der Waals surface area contributed by atoms with Gasteiger partial charge in [0.1, 0.15) is 0 Å². The van der Waals surface area contributed by atoms with Gasteiger partial charge in [0, 0.05) is 14.8 Å². The van der Waals surface area contributed by atoms with Crippen molar-refractivity contribution < 1.29 is 4.79 Å². The van der Waals surface area contributed by atoms with Gasteiger partial charge in [-0.15, -0.1) is 0 Å². The minimum absolute atomic E-state index is 0.0660. The van der Waals surface area contributed by atoms with Crippen LogP contribution in [0.25, 0.3) is 0 Å². The predicted octanol–water partition coefficient (Wildman–Crippen LogP) is 4.47. The van der Waals surface area contributed by atoms with Gasteiger partial charge in [0.15, 0.2) is 0 Å². The predicted molar refractivity (Wildman–Crippen MR) is 87.8 cm³/mol. The second-order valence-electron chi connectivity index (χ2n) is 4.74. The van der Waals surface area contributed by atoms with Crippen molar-refractivity contribution >= 4 is 34.2 Å². The quantitative estimate of drug-likeness (QED) is 0.782. The van der Waals surface area contributed by atoms with Crippen LogP contribution in [0.3, 0.4) is 0 Å². The summed E-state index contributed by atoms with van der Waals surface area (Å²) in [4.78, 5) is 12.2. The Bertz CT molecular complexity index is 617. The highest BCUT2D eigenvalue weighted by Gasteiger charge is 2.08. The molecule has 1 amide bonds. The Kier molecular flexibility index (Phi) is 4.24. The van der Waals surface area contributed by atoms with Gasteiger partial charge in [-0.2, -0.15) is 0 Å². The number of hydrogen-bond donors (Lipinski definition) is 1. The molecule has 0 spiro atoms. The molecule has 0 saturated heterocycles. The third-order valence-corrected chi connectivity index (χ3v) is 4.23. The molecule has 0 aliphatic rings. The van der Waals surface area contributed by atoms with E-state index in [9.17, 15) is 4.79 Å². The summed E-state index contributed by atoms with van der Waals surface area (Å²) < 4.78 is 1.21. The highest BCUT2D eigenvalue weighted by atomic mass is 127. The van der Waals surface area contributed by atoms with Crippen LogP contribution in [0, 0.1) is 24.3 Å². The van der Waals surface area contributed by atoms with E-state index in [2.05, 4.69) is 34.0 Å². The summed E-state index contributed by atoms with van der Waals surface area (Å²) in [7, 11) is 0. The van der Waals surface area contributed by atoms with Gasteiger partial charge in [-0.25, -0.2) is 0 Å². The molecule has 0 atom stereocenters. The van der Waals surface area contributed by atoms with Crippen LogP contribution in [-0.2, 0) is 0 Å². The van der Waals surface area contributed by atoms with Crippen molar-refractivity contribution in [2.45, 2.75) is 20.8 Å². The lowest BCUT2D eigenvalue weighted by molar-refractivity contribution is 0.102. The Morgan fingerprint density at radius 3 is 2.26 bits per heavy atom. The minimum Gasteiger partial charge on any atom is -0.322 e. The highest BCUT2D eigenvalue weighted by Crippen LogP contribution is 2.22. The van der Waals surface area contributed by atoms with Crippen LogP contribution in [-0.4, -0.2) is 5.91 Å². The van der Waals surface area contributed by atoms with E-state index in [1.807, 2.05) is 51.1 Å². The zero-order chi connectivity index (χ0) is 14.0. The zero-order valence-corrected chi connectivity index (χ0v) is 13.4. The van der Waals surface area contributed by atoms with E-state index in [1.165, 1.54) is 9.13 Å². The topological polar surface area (TPSA) is 29.1 Å². The van der Waals surface area contributed by atoms with Crippen LogP contribution in [0.4, 0.5) is 5.69 Å². The Balaban J connectivity index is 2.24. The SMILES string of the molecule is Cc1ccc(C(=O)Nc2cc(C)c(I)cc2C)cc1. The van der Waals surface area contributed by atoms with Crippen LogP contribution >= 0.6 is 22.6 Å². The van der Waals surface area contributed by atoms with Crippen molar-refractivity contribution in [2.24, 2.45) is 0 Å². The number of nitrogens with one attached hydrogen (secondary N) is 1. The van der Waals surface area contributed by atoms with E-state index in [-0.39, 0.29) is 5.91 Å². The number of rotatable bonds is 2. The smallest absolute Gasteiger partial charge is 0.255 e. The number of benzene rings is 2. The number of hydrogen-bond acceptors (Lipinski definition) is 1. The van der Waals surface area contributed by atoms with Gasteiger partial charge in [-0.05, 0) is 78.8 Å². The summed E-state index contributed by atoms with van der Waals surface area (Å²) >= 11 is 2.30. The molecule has 98 valence electrons. The fourth-order valence-electron chi connectivity index (χ4n) is 1.82. The number of amides is 1. The lowest BCUT2D eigenvalue weighted by Crippen LogP contribution is -2.13. The third kappa shape index (κ3) is 3.35. The largest absolute Gasteiger partial charge is 0.322 e. The second kappa shape index (κ2) is 5.74. The van der Waals surface area contributed by atoms with Crippen molar-refractivity contribution in [3.8, 4) is 0 Å². The average molecular weight is 365 g/mol. The molecule has 0 aromatic heterocycles. The van der Waals surface area contributed by atoms with Gasteiger partial charge in [0.2, 0.25) is 0 Å². The van der Waals surface area contributed by atoms with E-state index in [0.29, 0.717) is 5.56 Å². The molecule has 0 bridgehead atoms. The molecule has 0 heterocycles. The number of aryl methyl sites for hydroxylation is 3. The first-order chi connectivity index (χ1) is 8.97. The fourth-order valence-corrected chi connectivity index (χ4v) is 2.44. The average Bonchev–Trinajstić information content (AvgIpc) is 2.36. The Morgan fingerprint density at radius 1 is 1.00 bits per heavy atom. The number of carbonyl (C=O) groups is 1. The van der Waals surface area contributed by atoms with E-state index in [0.717, 1.165) is 16.8 Å². The number of carbonyl (C=O) groups excluding carboxylic acids is 1. The summed E-state index contributed by atoms with van der Waals surface area (Å²) in [5.74, 6) is -0.0660. The molecule has 2 nitrogen and oxygen atoms in total. The van der Waals surface area contributed by atoms with Crippen molar-refractivity contribution in [1.82, 2.24) is 0 Å². The van der Waals surface area contributed by atoms with Crippen LogP contribution in [0.1, 0.15) is 27.0 Å². The molecule has 0 radical (unpaired) electrons. The van der Waals surface area contributed by atoms with Crippen molar-refractivity contribution in [3.63, 3.8) is 0 Å². The Labute approximate surface area is 127 Å². The molecular weight excluding hydrogens is 349 g/mol. The number of anilines is 1. The summed E-state index contributed by atoms with van der Waals surface area (Å²) in [6.07, 6.45) is 0. The number of halogens is 1. The van der Waals surface area contributed by atoms with Crippen molar-refractivity contribution in [2.75, 3.05) is 5.32 Å². The van der Waals surface area contributed by atoms with Gasteiger partial charge in [0.25, 0.3) is 5.91 Å². The first-order valence-corrected chi connectivity index (χ1v) is 7.20. The second-order valence-corrected chi connectivity index (χ2v) is 5.90. The highest BCUT2D eigenvalue weighted by molar-refractivity contribution is 14.1. The minimum atomic E-state index is -0.0660.